The van der Waals surface area contributed by atoms with Gasteiger partial charge in [-0.15, -0.1) is 0 Å². The Hall–Kier alpha value is 0.300. The van der Waals surface area contributed by atoms with E-state index in [1.54, 1.807) is 0 Å². The van der Waals surface area contributed by atoms with E-state index in [0.717, 1.165) is 0 Å². The van der Waals surface area contributed by atoms with E-state index in [9.17, 15) is 4.39 Å². The minimum Gasteiger partial charge on any atom is -0.442 e. The van der Waals surface area contributed by atoms with Gasteiger partial charge in [0.1, 0.15) is 0 Å². The molecule has 72 valence electrons. The first-order chi connectivity index (χ1) is 5.88. The summed E-state index contributed by atoms with van der Waals surface area (Å²) >= 11 is 19.1. The number of ether oxygens (including phenoxy) is 1. The van der Waals surface area contributed by atoms with Gasteiger partial charge < -0.3 is 4.74 Å². The van der Waals surface area contributed by atoms with Crippen LogP contribution in [-0.2, 0) is 0 Å². The summed E-state index contributed by atoms with van der Waals surface area (Å²) in [6, 6.07) is 4.09. The summed E-state index contributed by atoms with van der Waals surface area (Å²) in [7, 11) is 0. The molecule has 1 nitrogen and oxygen atoms in total. The van der Waals surface area contributed by atoms with Crippen molar-refractivity contribution >= 4 is 50.7 Å². The molecule has 13 heavy (non-hydrogen) atoms. The zero-order valence-corrected chi connectivity index (χ0v) is 9.88. The molecule has 0 N–H and O–H groups in total. The monoisotopic (exact) mass is 306 g/mol. The minimum atomic E-state index is -1.96. The average molecular weight is 308 g/mol. The molecular formula is C7H3BrCl3FO. The fourth-order valence-electron chi connectivity index (χ4n) is 0.680. The predicted molar refractivity (Wildman–Crippen MR) is 55.0 cm³/mol. The van der Waals surface area contributed by atoms with Gasteiger partial charge in [-0.25, -0.2) is 4.39 Å². The van der Waals surface area contributed by atoms with Gasteiger partial charge in [-0.05, 0) is 53.0 Å². The Balaban J connectivity index is 2.94. The van der Waals surface area contributed by atoms with E-state index in [1.807, 2.05) is 0 Å². The summed E-state index contributed by atoms with van der Waals surface area (Å²) in [6.07, 6.45) is 0. The molecule has 1 rings (SSSR count). The van der Waals surface area contributed by atoms with Crippen molar-refractivity contribution in [2.45, 2.75) is 3.98 Å². The van der Waals surface area contributed by atoms with Gasteiger partial charge in [0.2, 0.25) is 0 Å². The molecule has 0 bridgehead atoms. The number of rotatable bonds is 1. The van der Waals surface area contributed by atoms with Crippen LogP contribution in [0.15, 0.2) is 22.7 Å². The summed E-state index contributed by atoms with van der Waals surface area (Å²) in [4.78, 5) is 0. The normalized spacial score (nSPS) is 11.5. The Kier molecular flexibility index (Phi) is 3.69. The lowest BCUT2D eigenvalue weighted by Crippen LogP contribution is -2.13. The Labute approximate surface area is 97.9 Å². The van der Waals surface area contributed by atoms with Crippen LogP contribution in [0.1, 0.15) is 0 Å². The standard InChI is InChI=1S/C7H3BrCl3FO/c8-4-1-2-5(12)6(3-4)13-7(9,10)11/h1-3H. The van der Waals surface area contributed by atoms with E-state index in [1.165, 1.54) is 18.2 Å². The first-order valence-corrected chi connectivity index (χ1v) is 5.02. The molecule has 0 heterocycles. The van der Waals surface area contributed by atoms with Crippen LogP contribution in [0.4, 0.5) is 4.39 Å². The summed E-state index contributed by atoms with van der Waals surface area (Å²) in [5.41, 5.74) is 0. The molecule has 0 aliphatic heterocycles. The van der Waals surface area contributed by atoms with E-state index in [0.29, 0.717) is 4.47 Å². The molecule has 0 unspecified atom stereocenters. The van der Waals surface area contributed by atoms with Crippen LogP contribution in [0.25, 0.3) is 0 Å². The zero-order valence-electron chi connectivity index (χ0n) is 6.03. The quantitative estimate of drug-likeness (QED) is 0.703. The maximum absolute atomic E-state index is 13.0. The summed E-state index contributed by atoms with van der Waals surface area (Å²) in [6.45, 7) is 0. The summed E-state index contributed by atoms with van der Waals surface area (Å²) in [5.74, 6) is -0.705. The van der Waals surface area contributed by atoms with Crippen molar-refractivity contribution in [2.75, 3.05) is 0 Å². The second-order valence-electron chi connectivity index (χ2n) is 2.12. The lowest BCUT2D eigenvalue weighted by molar-refractivity contribution is 0.303. The molecule has 0 atom stereocenters. The molecule has 0 amide bonds. The van der Waals surface area contributed by atoms with Crippen LogP contribution >= 0.6 is 50.7 Å². The van der Waals surface area contributed by atoms with E-state index in [2.05, 4.69) is 15.9 Å². The highest BCUT2D eigenvalue weighted by Gasteiger charge is 2.23. The molecular weight excluding hydrogens is 305 g/mol. The van der Waals surface area contributed by atoms with Gasteiger partial charge in [0.05, 0.1) is 0 Å². The van der Waals surface area contributed by atoms with Gasteiger partial charge in [0, 0.05) is 4.47 Å². The van der Waals surface area contributed by atoms with E-state index >= 15 is 0 Å². The first kappa shape index (κ1) is 11.4. The van der Waals surface area contributed by atoms with Gasteiger partial charge in [-0.2, -0.15) is 0 Å². The maximum atomic E-state index is 13.0. The van der Waals surface area contributed by atoms with Crippen molar-refractivity contribution in [3.63, 3.8) is 0 Å². The Morgan fingerprint density at radius 1 is 1.31 bits per heavy atom. The zero-order chi connectivity index (χ0) is 10.1. The molecule has 0 radical (unpaired) electrons. The van der Waals surface area contributed by atoms with Crippen molar-refractivity contribution in [2.24, 2.45) is 0 Å². The van der Waals surface area contributed by atoms with Crippen molar-refractivity contribution in [3.05, 3.63) is 28.5 Å². The summed E-state index contributed by atoms with van der Waals surface area (Å²) in [5, 5.41) is 0. The Morgan fingerprint density at radius 3 is 2.46 bits per heavy atom. The third kappa shape index (κ3) is 3.90. The highest BCUT2D eigenvalue weighted by Crippen LogP contribution is 2.32. The van der Waals surface area contributed by atoms with Crippen molar-refractivity contribution in [3.8, 4) is 5.75 Å². The minimum absolute atomic E-state index is 0.116. The highest BCUT2D eigenvalue weighted by molar-refractivity contribution is 9.10. The molecule has 1 aromatic carbocycles. The van der Waals surface area contributed by atoms with Crippen LogP contribution in [0.2, 0.25) is 0 Å². The van der Waals surface area contributed by atoms with Gasteiger partial charge in [0.15, 0.2) is 11.6 Å². The second-order valence-corrected chi connectivity index (χ2v) is 5.22. The highest BCUT2D eigenvalue weighted by atomic mass is 79.9. The molecule has 0 aromatic heterocycles. The van der Waals surface area contributed by atoms with Gasteiger partial charge in [-0.1, -0.05) is 15.9 Å². The van der Waals surface area contributed by atoms with Crippen LogP contribution in [0.3, 0.4) is 0 Å². The third-order valence-electron chi connectivity index (χ3n) is 1.12. The second kappa shape index (κ2) is 4.22. The smallest absolute Gasteiger partial charge is 0.338 e. The van der Waals surface area contributed by atoms with E-state index in [4.69, 9.17) is 39.5 Å². The number of hydrogen-bond donors (Lipinski definition) is 0. The lowest BCUT2D eigenvalue weighted by atomic mass is 10.3. The molecule has 0 saturated heterocycles. The number of benzene rings is 1. The average Bonchev–Trinajstić information content (AvgIpc) is 1.94. The fourth-order valence-corrected chi connectivity index (χ4v) is 1.27. The fraction of sp³-hybridized carbons (Fsp3) is 0.143. The van der Waals surface area contributed by atoms with Crippen molar-refractivity contribution in [1.82, 2.24) is 0 Å². The molecule has 0 saturated carbocycles. The van der Waals surface area contributed by atoms with Gasteiger partial charge in [-0.3, -0.25) is 0 Å². The number of alkyl halides is 3. The first-order valence-electron chi connectivity index (χ1n) is 3.09. The van der Waals surface area contributed by atoms with Crippen molar-refractivity contribution in [1.29, 1.82) is 0 Å². The Morgan fingerprint density at radius 2 is 1.92 bits per heavy atom. The maximum Gasteiger partial charge on any atom is 0.338 e. The van der Waals surface area contributed by atoms with E-state index in [-0.39, 0.29) is 5.75 Å². The van der Waals surface area contributed by atoms with E-state index < -0.39 is 9.80 Å². The number of hydrogen-bond acceptors (Lipinski definition) is 1. The lowest BCUT2D eigenvalue weighted by Gasteiger charge is -2.14. The molecule has 0 fully saturated rings. The topological polar surface area (TPSA) is 9.23 Å². The number of halogens is 5. The SMILES string of the molecule is Fc1ccc(Br)cc1OC(Cl)(Cl)Cl. The third-order valence-corrected chi connectivity index (χ3v) is 1.84. The van der Waals surface area contributed by atoms with Crippen molar-refractivity contribution < 1.29 is 9.13 Å². The van der Waals surface area contributed by atoms with Crippen LogP contribution in [0, 0.1) is 5.82 Å². The Bertz CT molecular complexity index is 313. The molecule has 1 aromatic rings. The van der Waals surface area contributed by atoms with Crippen LogP contribution < -0.4 is 4.74 Å². The van der Waals surface area contributed by atoms with Gasteiger partial charge >= 0.3 is 3.98 Å². The van der Waals surface area contributed by atoms with Gasteiger partial charge in [0.25, 0.3) is 0 Å². The molecule has 0 aliphatic rings. The molecule has 0 spiro atoms. The summed E-state index contributed by atoms with van der Waals surface area (Å²) < 4.78 is 16.4. The largest absolute Gasteiger partial charge is 0.442 e. The molecule has 6 heteroatoms. The molecule has 0 aliphatic carbocycles. The van der Waals surface area contributed by atoms with Crippen LogP contribution in [-0.4, -0.2) is 3.98 Å². The predicted octanol–water partition coefficient (Wildman–Crippen LogP) is 4.29. The van der Waals surface area contributed by atoms with Crippen LogP contribution in [0.5, 0.6) is 5.75 Å².